The van der Waals surface area contributed by atoms with Crippen LogP contribution in [0, 0.1) is 22.6 Å². The van der Waals surface area contributed by atoms with Crippen LogP contribution in [-0.4, -0.2) is 10.2 Å². The van der Waals surface area contributed by atoms with Crippen molar-refractivity contribution in [3.05, 3.63) is 29.7 Å². The Morgan fingerprint density at radius 3 is 2.88 bits per heavy atom. The van der Waals surface area contributed by atoms with Crippen molar-refractivity contribution in [3.63, 3.8) is 0 Å². The minimum absolute atomic E-state index is 0.169. The first kappa shape index (κ1) is 9.17. The maximum absolute atomic E-state index is 13.9. The molecule has 1 N–H and O–H groups in total. The molecule has 0 radical (unpaired) electrons. The third-order valence-corrected chi connectivity index (χ3v) is 4.43. The summed E-state index contributed by atoms with van der Waals surface area (Å²) >= 11 is 0. The summed E-state index contributed by atoms with van der Waals surface area (Å²) < 4.78 is 13.9. The Labute approximate surface area is 97.2 Å². The van der Waals surface area contributed by atoms with Crippen LogP contribution in [0.1, 0.15) is 24.8 Å². The molecule has 0 amide bonds. The molecule has 1 spiro atoms. The molecule has 17 heavy (non-hydrogen) atoms. The highest BCUT2D eigenvalue weighted by Crippen LogP contribution is 2.78. The lowest BCUT2D eigenvalue weighted by molar-refractivity contribution is 0.632. The lowest BCUT2D eigenvalue weighted by Gasteiger charge is -2.08. The molecule has 2 aromatic rings. The van der Waals surface area contributed by atoms with E-state index in [1.165, 1.54) is 12.3 Å². The molecule has 4 rings (SSSR count). The molecule has 1 atom stereocenters. The van der Waals surface area contributed by atoms with Crippen molar-refractivity contribution in [3.8, 4) is 6.07 Å². The monoisotopic (exact) mass is 227 g/mol. The zero-order valence-corrected chi connectivity index (χ0v) is 9.13. The fourth-order valence-corrected chi connectivity index (χ4v) is 3.10. The number of nitrogens with zero attached hydrogens (tertiary/aromatic N) is 2. The van der Waals surface area contributed by atoms with Crippen molar-refractivity contribution >= 4 is 10.9 Å². The Morgan fingerprint density at radius 2 is 2.24 bits per heavy atom. The molecule has 2 aliphatic carbocycles. The van der Waals surface area contributed by atoms with Crippen LogP contribution in [0.4, 0.5) is 4.39 Å². The molecule has 0 unspecified atom stereocenters. The Kier molecular flexibility index (Phi) is 1.35. The molecular weight excluding hydrogens is 217 g/mol. The van der Waals surface area contributed by atoms with Crippen LogP contribution in [0.3, 0.4) is 0 Å². The molecule has 0 saturated heterocycles. The fourth-order valence-electron chi connectivity index (χ4n) is 3.10. The van der Waals surface area contributed by atoms with Crippen molar-refractivity contribution in [1.29, 1.82) is 5.26 Å². The highest BCUT2D eigenvalue weighted by molar-refractivity contribution is 5.80. The van der Waals surface area contributed by atoms with Crippen molar-refractivity contribution in [2.45, 2.75) is 24.7 Å². The molecule has 4 heteroatoms. The van der Waals surface area contributed by atoms with Gasteiger partial charge in [-0.05, 0) is 42.4 Å². The van der Waals surface area contributed by atoms with E-state index in [1.807, 2.05) is 6.07 Å². The van der Waals surface area contributed by atoms with E-state index in [9.17, 15) is 9.65 Å². The van der Waals surface area contributed by atoms with Crippen molar-refractivity contribution in [2.24, 2.45) is 5.41 Å². The molecule has 1 heterocycles. The second kappa shape index (κ2) is 2.51. The van der Waals surface area contributed by atoms with Gasteiger partial charge in [0.05, 0.1) is 28.6 Å². The van der Waals surface area contributed by atoms with Crippen LogP contribution in [0.25, 0.3) is 10.9 Å². The number of benzene rings is 1. The number of nitriles is 1. The van der Waals surface area contributed by atoms with Gasteiger partial charge in [0.25, 0.3) is 0 Å². The normalized spacial score (nSPS) is 28.2. The van der Waals surface area contributed by atoms with Gasteiger partial charge in [0, 0.05) is 0 Å². The van der Waals surface area contributed by atoms with Crippen molar-refractivity contribution in [1.82, 2.24) is 10.2 Å². The lowest BCUT2D eigenvalue weighted by Crippen LogP contribution is -2.08. The first-order valence-electron chi connectivity index (χ1n) is 5.75. The number of aromatic nitrogens is 2. The van der Waals surface area contributed by atoms with Crippen LogP contribution in [0.2, 0.25) is 0 Å². The first-order valence-corrected chi connectivity index (χ1v) is 5.75. The average Bonchev–Trinajstić information content (AvgIpc) is 3.18. The molecule has 1 aromatic carbocycles. The Bertz CT molecular complexity index is 678. The van der Waals surface area contributed by atoms with Crippen LogP contribution >= 0.6 is 0 Å². The second-order valence-corrected chi connectivity index (χ2v) is 5.26. The first-order chi connectivity index (χ1) is 8.21. The fraction of sp³-hybridized carbons (Fsp3) is 0.385. The van der Waals surface area contributed by atoms with Gasteiger partial charge >= 0.3 is 0 Å². The summed E-state index contributed by atoms with van der Waals surface area (Å²) in [5.74, 6) is -0.288. The minimum atomic E-state index is -0.437. The summed E-state index contributed by atoms with van der Waals surface area (Å²) in [7, 11) is 0. The number of aromatic amines is 1. The van der Waals surface area contributed by atoms with Gasteiger partial charge in [0.15, 0.2) is 0 Å². The van der Waals surface area contributed by atoms with Gasteiger partial charge < -0.3 is 0 Å². The van der Waals surface area contributed by atoms with Crippen molar-refractivity contribution in [2.75, 3.05) is 0 Å². The molecule has 2 fully saturated rings. The zero-order valence-electron chi connectivity index (χ0n) is 9.13. The Hall–Kier alpha value is -1.89. The van der Waals surface area contributed by atoms with Crippen molar-refractivity contribution < 1.29 is 4.39 Å². The van der Waals surface area contributed by atoms with E-state index in [2.05, 4.69) is 16.3 Å². The number of fused-ring (bicyclic) bond motifs is 1. The van der Waals surface area contributed by atoms with E-state index in [-0.39, 0.29) is 11.2 Å². The summed E-state index contributed by atoms with van der Waals surface area (Å²) in [6.07, 6.45) is 4.56. The van der Waals surface area contributed by atoms with Gasteiger partial charge in [-0.25, -0.2) is 4.39 Å². The smallest absolute Gasteiger partial charge is 0.134 e. The largest absolute Gasteiger partial charge is 0.278 e. The molecule has 1 aromatic heterocycles. The highest BCUT2D eigenvalue weighted by Gasteiger charge is 2.75. The quantitative estimate of drug-likeness (QED) is 0.814. The molecule has 0 aliphatic heterocycles. The van der Waals surface area contributed by atoms with E-state index >= 15 is 0 Å². The van der Waals surface area contributed by atoms with Gasteiger partial charge in [0.1, 0.15) is 5.82 Å². The standard InChI is InChI=1S/C13H10FN3/c14-10-3-8(4-11-9(10)5-16-17-11)13(7-15)6-12(13)1-2-12/h3-5H,1-2,6H2,(H,16,17)/t13-/m1/s1. The van der Waals surface area contributed by atoms with Gasteiger partial charge in [-0.1, -0.05) is 0 Å². The average molecular weight is 227 g/mol. The number of halogens is 1. The van der Waals surface area contributed by atoms with Gasteiger partial charge in [-0.2, -0.15) is 10.4 Å². The number of H-pyrrole nitrogens is 1. The SMILES string of the molecule is N#C[C@@]1(c2cc(F)c3cn[nH]c3c2)CC12CC2. The predicted molar refractivity (Wildman–Crippen MR) is 59.6 cm³/mol. The van der Waals surface area contributed by atoms with Crippen LogP contribution in [0.15, 0.2) is 18.3 Å². The summed E-state index contributed by atoms with van der Waals surface area (Å²) in [6, 6.07) is 5.79. The topological polar surface area (TPSA) is 52.5 Å². The van der Waals surface area contributed by atoms with Gasteiger partial charge in [-0.3, -0.25) is 5.10 Å². The maximum atomic E-state index is 13.9. The minimum Gasteiger partial charge on any atom is -0.278 e. The van der Waals surface area contributed by atoms with E-state index < -0.39 is 5.41 Å². The van der Waals surface area contributed by atoms with E-state index in [4.69, 9.17) is 0 Å². The number of hydrogen-bond acceptors (Lipinski definition) is 2. The molecule has 2 saturated carbocycles. The number of hydrogen-bond donors (Lipinski definition) is 1. The summed E-state index contributed by atoms with van der Waals surface area (Å²) in [5, 5.41) is 16.5. The molecule has 84 valence electrons. The lowest BCUT2D eigenvalue weighted by atomic mass is 9.93. The second-order valence-electron chi connectivity index (χ2n) is 5.26. The highest BCUT2D eigenvalue weighted by atomic mass is 19.1. The van der Waals surface area contributed by atoms with Crippen LogP contribution < -0.4 is 0 Å². The Balaban J connectivity index is 1.95. The summed E-state index contributed by atoms with van der Waals surface area (Å²) in [6.45, 7) is 0. The van der Waals surface area contributed by atoms with E-state index in [1.54, 1.807) is 0 Å². The van der Waals surface area contributed by atoms with Gasteiger partial charge in [-0.15, -0.1) is 0 Å². The molecule has 2 aliphatic rings. The predicted octanol–water partition coefficient (Wildman–Crippen LogP) is 2.65. The number of nitrogens with one attached hydrogen (secondary N) is 1. The number of rotatable bonds is 1. The van der Waals surface area contributed by atoms with Gasteiger partial charge in [0.2, 0.25) is 0 Å². The molecular formula is C13H10FN3. The van der Waals surface area contributed by atoms with Crippen LogP contribution in [-0.2, 0) is 5.41 Å². The zero-order chi connectivity index (χ0) is 11.7. The summed E-state index contributed by atoms with van der Waals surface area (Å²) in [4.78, 5) is 0. The van der Waals surface area contributed by atoms with Crippen LogP contribution in [0.5, 0.6) is 0 Å². The van der Waals surface area contributed by atoms with E-state index in [0.29, 0.717) is 10.9 Å². The maximum Gasteiger partial charge on any atom is 0.134 e. The Morgan fingerprint density at radius 1 is 1.41 bits per heavy atom. The third-order valence-electron chi connectivity index (χ3n) is 4.43. The summed E-state index contributed by atoms with van der Waals surface area (Å²) in [5.41, 5.74) is 1.22. The van der Waals surface area contributed by atoms with E-state index in [0.717, 1.165) is 24.8 Å². The molecule has 3 nitrogen and oxygen atoms in total. The molecule has 0 bridgehead atoms. The third kappa shape index (κ3) is 0.932.